The summed E-state index contributed by atoms with van der Waals surface area (Å²) >= 11 is 0. The summed E-state index contributed by atoms with van der Waals surface area (Å²) in [6.07, 6.45) is 0. The zero-order chi connectivity index (χ0) is 24.2. The second-order valence-corrected chi connectivity index (χ2v) is 9.51. The number of hydrogen-bond donors (Lipinski definition) is 0. The molecular weight excluding hydrogens is 429 g/mol. The Morgan fingerprint density at radius 2 is 1.68 bits per heavy atom. The summed E-state index contributed by atoms with van der Waals surface area (Å²) in [5, 5.41) is 4.92. The maximum atomic E-state index is 13.5. The van der Waals surface area contributed by atoms with Crippen LogP contribution in [0.2, 0.25) is 0 Å². The SMILES string of the molecule is Cc1nn(-c2ccccc2)c(N2CCN(C)CC2)c1CN(CC(C)C)C(=O)c1ccc(F)cc1. The van der Waals surface area contributed by atoms with Gasteiger partial charge in [-0.05, 0) is 56.3 Å². The number of hydrogen-bond acceptors (Lipinski definition) is 4. The van der Waals surface area contributed by atoms with Crippen molar-refractivity contribution in [3.8, 4) is 5.69 Å². The molecule has 3 aromatic rings. The number of rotatable bonds is 7. The van der Waals surface area contributed by atoms with E-state index in [9.17, 15) is 9.18 Å². The van der Waals surface area contributed by atoms with E-state index in [1.54, 1.807) is 12.1 Å². The largest absolute Gasteiger partial charge is 0.354 e. The average Bonchev–Trinajstić information content (AvgIpc) is 3.15. The molecule has 0 spiro atoms. The molecule has 1 aromatic heterocycles. The molecule has 7 heteroatoms. The molecule has 0 unspecified atom stereocenters. The molecule has 4 rings (SSSR count). The lowest BCUT2D eigenvalue weighted by Crippen LogP contribution is -2.45. The first-order valence-electron chi connectivity index (χ1n) is 12.0. The number of nitrogens with zero attached hydrogens (tertiary/aromatic N) is 5. The molecule has 0 bridgehead atoms. The second kappa shape index (κ2) is 10.4. The van der Waals surface area contributed by atoms with Crippen LogP contribution >= 0.6 is 0 Å². The number of benzene rings is 2. The molecule has 34 heavy (non-hydrogen) atoms. The molecule has 6 nitrogen and oxygen atoms in total. The Kier molecular flexibility index (Phi) is 7.32. The summed E-state index contributed by atoms with van der Waals surface area (Å²) in [7, 11) is 2.14. The Balaban J connectivity index is 1.74. The zero-order valence-electron chi connectivity index (χ0n) is 20.5. The number of carbonyl (C=O) groups is 1. The Labute approximate surface area is 201 Å². The standard InChI is InChI=1S/C27H34FN5O/c1-20(2)18-32(27(34)22-10-12-23(28)13-11-22)19-25-21(3)29-33(24-8-6-5-7-9-24)26(25)31-16-14-30(4)15-17-31/h5-13,20H,14-19H2,1-4H3. The third kappa shape index (κ3) is 5.30. The molecule has 0 aliphatic carbocycles. The molecule has 2 aromatic carbocycles. The Morgan fingerprint density at radius 3 is 2.29 bits per heavy atom. The predicted octanol–water partition coefficient (Wildman–Crippen LogP) is 4.37. The highest BCUT2D eigenvalue weighted by molar-refractivity contribution is 5.94. The van der Waals surface area contributed by atoms with Gasteiger partial charge in [0.15, 0.2) is 0 Å². The number of halogens is 1. The molecule has 0 radical (unpaired) electrons. The fourth-order valence-electron chi connectivity index (χ4n) is 4.45. The summed E-state index contributed by atoms with van der Waals surface area (Å²) in [5.41, 5.74) is 3.48. The van der Waals surface area contributed by atoms with Crippen LogP contribution in [0.5, 0.6) is 0 Å². The van der Waals surface area contributed by atoms with Crippen LogP contribution in [0, 0.1) is 18.7 Å². The first-order valence-corrected chi connectivity index (χ1v) is 12.0. The number of carbonyl (C=O) groups excluding carboxylic acids is 1. The van der Waals surface area contributed by atoms with E-state index in [4.69, 9.17) is 5.10 Å². The van der Waals surface area contributed by atoms with E-state index < -0.39 is 0 Å². The third-order valence-corrected chi connectivity index (χ3v) is 6.27. The minimum atomic E-state index is -0.343. The summed E-state index contributed by atoms with van der Waals surface area (Å²) in [6.45, 7) is 11.0. The lowest BCUT2D eigenvalue weighted by atomic mass is 10.1. The quantitative estimate of drug-likeness (QED) is 0.522. The van der Waals surface area contributed by atoms with Crippen molar-refractivity contribution >= 4 is 11.7 Å². The van der Waals surface area contributed by atoms with Crippen LogP contribution in [0.3, 0.4) is 0 Å². The lowest BCUT2D eigenvalue weighted by Gasteiger charge is -2.35. The second-order valence-electron chi connectivity index (χ2n) is 9.51. The van der Waals surface area contributed by atoms with Crippen LogP contribution in [-0.4, -0.2) is 65.3 Å². The molecule has 1 aliphatic heterocycles. The van der Waals surface area contributed by atoms with Gasteiger partial charge in [0.05, 0.1) is 17.9 Å². The van der Waals surface area contributed by atoms with Crippen LogP contribution in [-0.2, 0) is 6.54 Å². The molecule has 1 aliphatic rings. The monoisotopic (exact) mass is 463 g/mol. The average molecular weight is 464 g/mol. The van der Waals surface area contributed by atoms with Crippen molar-refractivity contribution in [3.05, 3.63) is 77.2 Å². The molecule has 2 heterocycles. The summed E-state index contributed by atoms with van der Waals surface area (Å²) < 4.78 is 15.5. The van der Waals surface area contributed by atoms with Gasteiger partial charge in [-0.1, -0.05) is 32.0 Å². The molecule has 0 N–H and O–H groups in total. The Morgan fingerprint density at radius 1 is 1.03 bits per heavy atom. The van der Waals surface area contributed by atoms with Crippen LogP contribution < -0.4 is 4.90 Å². The van der Waals surface area contributed by atoms with Crippen molar-refractivity contribution < 1.29 is 9.18 Å². The molecule has 0 atom stereocenters. The topological polar surface area (TPSA) is 44.6 Å². The van der Waals surface area contributed by atoms with Crippen molar-refractivity contribution in [2.45, 2.75) is 27.3 Å². The highest BCUT2D eigenvalue weighted by atomic mass is 19.1. The summed E-state index contributed by atoms with van der Waals surface area (Å²) in [6, 6.07) is 16.0. The molecular formula is C27H34FN5O. The van der Waals surface area contributed by atoms with Crippen LogP contribution in [0.15, 0.2) is 54.6 Å². The van der Waals surface area contributed by atoms with Crippen LogP contribution in [0.1, 0.15) is 35.5 Å². The Hall–Kier alpha value is -3.19. The van der Waals surface area contributed by atoms with Gasteiger partial charge >= 0.3 is 0 Å². The predicted molar refractivity (Wildman–Crippen MR) is 134 cm³/mol. The van der Waals surface area contributed by atoms with Gasteiger partial charge < -0.3 is 14.7 Å². The Bertz CT molecular complexity index is 1100. The lowest BCUT2D eigenvalue weighted by molar-refractivity contribution is 0.0722. The summed E-state index contributed by atoms with van der Waals surface area (Å²) in [4.78, 5) is 20.1. The van der Waals surface area contributed by atoms with E-state index in [0.717, 1.165) is 48.9 Å². The number of piperazine rings is 1. The molecule has 1 amide bonds. The van der Waals surface area contributed by atoms with E-state index in [0.29, 0.717) is 24.6 Å². The highest BCUT2D eigenvalue weighted by Crippen LogP contribution is 2.30. The van der Waals surface area contributed by atoms with Gasteiger partial charge in [0.1, 0.15) is 11.6 Å². The summed E-state index contributed by atoms with van der Waals surface area (Å²) in [5.74, 6) is 0.910. The minimum absolute atomic E-state index is 0.0927. The fourth-order valence-corrected chi connectivity index (χ4v) is 4.45. The first kappa shape index (κ1) is 24.0. The number of para-hydroxylation sites is 1. The number of anilines is 1. The molecule has 180 valence electrons. The van der Waals surface area contributed by atoms with Crippen molar-refractivity contribution in [2.75, 3.05) is 44.7 Å². The van der Waals surface area contributed by atoms with E-state index in [2.05, 4.69) is 42.8 Å². The normalized spacial score (nSPS) is 14.6. The maximum Gasteiger partial charge on any atom is 0.254 e. The number of amides is 1. The maximum absolute atomic E-state index is 13.5. The van der Waals surface area contributed by atoms with E-state index in [1.165, 1.54) is 12.1 Å². The van der Waals surface area contributed by atoms with Crippen molar-refractivity contribution in [1.29, 1.82) is 0 Å². The van der Waals surface area contributed by atoms with Gasteiger partial charge in [0.2, 0.25) is 0 Å². The van der Waals surface area contributed by atoms with Crippen molar-refractivity contribution in [3.63, 3.8) is 0 Å². The highest BCUT2D eigenvalue weighted by Gasteiger charge is 2.27. The van der Waals surface area contributed by atoms with E-state index >= 15 is 0 Å². The van der Waals surface area contributed by atoms with Crippen LogP contribution in [0.4, 0.5) is 10.2 Å². The molecule has 1 saturated heterocycles. The van der Waals surface area contributed by atoms with Gasteiger partial charge in [-0.15, -0.1) is 0 Å². The van der Waals surface area contributed by atoms with Gasteiger partial charge in [0, 0.05) is 43.9 Å². The van der Waals surface area contributed by atoms with Gasteiger partial charge in [-0.2, -0.15) is 5.10 Å². The van der Waals surface area contributed by atoms with Crippen LogP contribution in [0.25, 0.3) is 5.69 Å². The van der Waals surface area contributed by atoms with E-state index in [-0.39, 0.29) is 11.7 Å². The number of likely N-dealkylation sites (N-methyl/N-ethyl adjacent to an activating group) is 1. The van der Waals surface area contributed by atoms with Crippen molar-refractivity contribution in [2.24, 2.45) is 5.92 Å². The minimum Gasteiger partial charge on any atom is -0.354 e. The molecule has 0 saturated carbocycles. The van der Waals surface area contributed by atoms with Crippen molar-refractivity contribution in [1.82, 2.24) is 19.6 Å². The van der Waals surface area contributed by atoms with E-state index in [1.807, 2.05) is 34.7 Å². The number of aromatic nitrogens is 2. The van der Waals surface area contributed by atoms with Gasteiger partial charge in [-0.25, -0.2) is 9.07 Å². The fraction of sp³-hybridized carbons (Fsp3) is 0.407. The first-order chi connectivity index (χ1) is 16.3. The van der Waals surface area contributed by atoms with Gasteiger partial charge in [-0.3, -0.25) is 4.79 Å². The molecule has 1 fully saturated rings. The number of aryl methyl sites for hydroxylation is 1. The smallest absolute Gasteiger partial charge is 0.254 e. The third-order valence-electron chi connectivity index (χ3n) is 6.27. The van der Waals surface area contributed by atoms with Gasteiger partial charge in [0.25, 0.3) is 5.91 Å². The zero-order valence-corrected chi connectivity index (χ0v) is 20.5.